The third kappa shape index (κ3) is 2.40. The fraction of sp³-hybridized carbons (Fsp3) is 0.583. The number of ether oxygens (including phenoxy) is 1. The van der Waals surface area contributed by atoms with Gasteiger partial charge in [-0.05, 0) is 47.2 Å². The topological polar surface area (TPSA) is 54.1 Å². The first kappa shape index (κ1) is 11.3. The van der Waals surface area contributed by atoms with Gasteiger partial charge in [0.05, 0.1) is 12.1 Å². The predicted molar refractivity (Wildman–Crippen MR) is 66.8 cm³/mol. The van der Waals surface area contributed by atoms with Crippen molar-refractivity contribution in [3.05, 3.63) is 22.4 Å². The lowest BCUT2D eigenvalue weighted by Gasteiger charge is -2.18. The van der Waals surface area contributed by atoms with Gasteiger partial charge in [-0.1, -0.05) is 0 Å². The predicted octanol–water partition coefficient (Wildman–Crippen LogP) is 2.07. The number of hydrogen-bond donors (Lipinski definition) is 2. The van der Waals surface area contributed by atoms with Crippen LogP contribution >= 0.6 is 15.9 Å². The molecule has 0 radical (unpaired) electrons. The number of carbonyl (C=O) groups is 1. The SMILES string of the molecule is O=C(NC1CCOC1C1CC1)c1cc(Br)c[nH]1. The summed E-state index contributed by atoms with van der Waals surface area (Å²) < 4.78 is 6.59. The molecule has 2 aliphatic rings. The van der Waals surface area contributed by atoms with Crippen molar-refractivity contribution >= 4 is 21.8 Å². The first-order chi connectivity index (χ1) is 8.24. The average molecular weight is 299 g/mol. The molecule has 0 bridgehead atoms. The van der Waals surface area contributed by atoms with Crippen molar-refractivity contribution in [2.75, 3.05) is 6.61 Å². The molecule has 1 amide bonds. The Hall–Kier alpha value is -0.810. The van der Waals surface area contributed by atoms with Gasteiger partial charge in [0.2, 0.25) is 0 Å². The van der Waals surface area contributed by atoms with Crippen molar-refractivity contribution in [3.8, 4) is 0 Å². The molecule has 1 aromatic rings. The van der Waals surface area contributed by atoms with E-state index in [0.29, 0.717) is 11.6 Å². The van der Waals surface area contributed by atoms with Gasteiger partial charge in [0.15, 0.2) is 0 Å². The molecule has 2 atom stereocenters. The fourth-order valence-corrected chi connectivity index (χ4v) is 2.74. The lowest BCUT2D eigenvalue weighted by atomic mass is 10.1. The van der Waals surface area contributed by atoms with Gasteiger partial charge in [-0.3, -0.25) is 4.79 Å². The monoisotopic (exact) mass is 298 g/mol. The van der Waals surface area contributed by atoms with Gasteiger partial charge in [0.1, 0.15) is 5.69 Å². The highest BCUT2D eigenvalue weighted by Crippen LogP contribution is 2.38. The van der Waals surface area contributed by atoms with Crippen LogP contribution in [0.5, 0.6) is 0 Å². The number of aromatic nitrogens is 1. The van der Waals surface area contributed by atoms with E-state index >= 15 is 0 Å². The maximum absolute atomic E-state index is 12.0. The fourth-order valence-electron chi connectivity index (χ4n) is 2.40. The molecule has 2 heterocycles. The van der Waals surface area contributed by atoms with E-state index in [-0.39, 0.29) is 18.1 Å². The van der Waals surface area contributed by atoms with Gasteiger partial charge in [-0.25, -0.2) is 0 Å². The number of amides is 1. The number of halogens is 1. The van der Waals surface area contributed by atoms with E-state index in [9.17, 15) is 4.79 Å². The van der Waals surface area contributed by atoms with E-state index in [1.807, 2.05) is 0 Å². The molecule has 3 rings (SSSR count). The van der Waals surface area contributed by atoms with Crippen molar-refractivity contribution in [2.45, 2.75) is 31.4 Å². The molecule has 0 spiro atoms. The van der Waals surface area contributed by atoms with Crippen LogP contribution in [-0.2, 0) is 4.74 Å². The normalized spacial score (nSPS) is 28.3. The van der Waals surface area contributed by atoms with E-state index in [1.54, 1.807) is 12.3 Å². The van der Waals surface area contributed by atoms with Crippen LogP contribution in [0.3, 0.4) is 0 Å². The molecule has 1 saturated heterocycles. The molecule has 1 aromatic heterocycles. The lowest BCUT2D eigenvalue weighted by molar-refractivity contribution is 0.0727. The Morgan fingerprint density at radius 3 is 2.94 bits per heavy atom. The zero-order valence-electron chi connectivity index (χ0n) is 9.41. The van der Waals surface area contributed by atoms with Gasteiger partial charge in [0, 0.05) is 17.3 Å². The highest BCUT2D eigenvalue weighted by molar-refractivity contribution is 9.10. The third-order valence-electron chi connectivity index (χ3n) is 3.43. The van der Waals surface area contributed by atoms with Crippen molar-refractivity contribution in [1.29, 1.82) is 0 Å². The quantitative estimate of drug-likeness (QED) is 0.898. The standard InChI is InChI=1S/C12H15BrN2O2/c13-8-5-10(14-6-8)12(16)15-9-3-4-17-11(9)7-1-2-7/h5-7,9,11,14H,1-4H2,(H,15,16). The lowest BCUT2D eigenvalue weighted by Crippen LogP contribution is -2.41. The molecule has 92 valence electrons. The van der Waals surface area contributed by atoms with Gasteiger partial charge >= 0.3 is 0 Å². The molecule has 2 fully saturated rings. The Bertz CT molecular complexity index is 428. The molecular formula is C12H15BrN2O2. The number of rotatable bonds is 3. The Morgan fingerprint density at radius 2 is 2.29 bits per heavy atom. The van der Waals surface area contributed by atoms with Crippen LogP contribution in [0.15, 0.2) is 16.7 Å². The summed E-state index contributed by atoms with van der Waals surface area (Å²) >= 11 is 3.32. The summed E-state index contributed by atoms with van der Waals surface area (Å²) in [7, 11) is 0. The third-order valence-corrected chi connectivity index (χ3v) is 3.89. The van der Waals surface area contributed by atoms with E-state index in [1.165, 1.54) is 12.8 Å². The summed E-state index contributed by atoms with van der Waals surface area (Å²) in [6.07, 6.45) is 5.40. The van der Waals surface area contributed by atoms with Crippen LogP contribution in [0.2, 0.25) is 0 Å². The minimum Gasteiger partial charge on any atom is -0.376 e. The molecule has 5 heteroatoms. The number of H-pyrrole nitrogens is 1. The van der Waals surface area contributed by atoms with Crippen LogP contribution in [0.1, 0.15) is 29.8 Å². The summed E-state index contributed by atoms with van der Waals surface area (Å²) in [5.74, 6) is 0.620. The van der Waals surface area contributed by atoms with Crippen molar-refractivity contribution in [1.82, 2.24) is 10.3 Å². The van der Waals surface area contributed by atoms with Crippen LogP contribution in [0.4, 0.5) is 0 Å². The summed E-state index contributed by atoms with van der Waals surface area (Å²) in [5.41, 5.74) is 0.596. The number of carbonyl (C=O) groups excluding carboxylic acids is 1. The second kappa shape index (κ2) is 4.46. The van der Waals surface area contributed by atoms with Crippen molar-refractivity contribution in [2.24, 2.45) is 5.92 Å². The zero-order chi connectivity index (χ0) is 11.8. The zero-order valence-corrected chi connectivity index (χ0v) is 11.0. The first-order valence-electron chi connectivity index (χ1n) is 6.00. The molecule has 1 aliphatic carbocycles. The van der Waals surface area contributed by atoms with Gasteiger partial charge in [0.25, 0.3) is 5.91 Å². The highest BCUT2D eigenvalue weighted by Gasteiger charge is 2.41. The molecule has 17 heavy (non-hydrogen) atoms. The Balaban J connectivity index is 1.64. The summed E-state index contributed by atoms with van der Waals surface area (Å²) in [6.45, 7) is 0.764. The smallest absolute Gasteiger partial charge is 0.268 e. The summed E-state index contributed by atoms with van der Waals surface area (Å²) in [5, 5.41) is 3.06. The van der Waals surface area contributed by atoms with Crippen molar-refractivity contribution < 1.29 is 9.53 Å². The highest BCUT2D eigenvalue weighted by atomic mass is 79.9. The summed E-state index contributed by atoms with van der Waals surface area (Å²) in [4.78, 5) is 14.9. The Labute approximate surface area is 108 Å². The van der Waals surface area contributed by atoms with Gasteiger partial charge in [-0.15, -0.1) is 0 Å². The summed E-state index contributed by atoms with van der Waals surface area (Å²) in [6, 6.07) is 1.97. The van der Waals surface area contributed by atoms with Crippen LogP contribution in [0.25, 0.3) is 0 Å². The van der Waals surface area contributed by atoms with E-state index in [0.717, 1.165) is 17.5 Å². The van der Waals surface area contributed by atoms with E-state index < -0.39 is 0 Å². The second-order valence-electron chi connectivity index (χ2n) is 4.77. The van der Waals surface area contributed by atoms with Crippen LogP contribution in [0, 0.1) is 5.92 Å². The minimum atomic E-state index is -0.0446. The molecule has 1 aliphatic heterocycles. The molecule has 1 saturated carbocycles. The molecule has 4 nitrogen and oxygen atoms in total. The maximum Gasteiger partial charge on any atom is 0.268 e. The first-order valence-corrected chi connectivity index (χ1v) is 6.80. The Morgan fingerprint density at radius 1 is 1.47 bits per heavy atom. The number of nitrogens with one attached hydrogen (secondary N) is 2. The van der Waals surface area contributed by atoms with Gasteiger partial charge in [-0.2, -0.15) is 0 Å². The molecule has 2 N–H and O–H groups in total. The average Bonchev–Trinajstić information content (AvgIpc) is 2.89. The molecule has 0 aromatic carbocycles. The number of aromatic amines is 1. The Kier molecular flexibility index (Phi) is 2.96. The number of hydrogen-bond acceptors (Lipinski definition) is 2. The largest absolute Gasteiger partial charge is 0.376 e. The van der Waals surface area contributed by atoms with Crippen LogP contribution < -0.4 is 5.32 Å². The van der Waals surface area contributed by atoms with E-state index in [2.05, 4.69) is 26.2 Å². The van der Waals surface area contributed by atoms with Crippen LogP contribution in [-0.4, -0.2) is 29.6 Å². The van der Waals surface area contributed by atoms with Crippen molar-refractivity contribution in [3.63, 3.8) is 0 Å². The van der Waals surface area contributed by atoms with E-state index in [4.69, 9.17) is 4.74 Å². The molecule has 2 unspecified atom stereocenters. The minimum absolute atomic E-state index is 0.0446. The molecular weight excluding hydrogens is 284 g/mol. The second-order valence-corrected chi connectivity index (χ2v) is 5.69. The maximum atomic E-state index is 12.0. The van der Waals surface area contributed by atoms with Gasteiger partial charge < -0.3 is 15.0 Å².